The van der Waals surface area contributed by atoms with E-state index in [2.05, 4.69) is 0 Å². The molecule has 0 heterocycles. The number of carbonyl (C=O) groups is 1. The van der Waals surface area contributed by atoms with E-state index in [-0.39, 0.29) is 23.9 Å². The Labute approximate surface area is 71.4 Å². The summed E-state index contributed by atoms with van der Waals surface area (Å²) in [7, 11) is 0. The number of nitrogens with two attached hydrogens (primary N) is 1. The summed E-state index contributed by atoms with van der Waals surface area (Å²) >= 11 is 0. The highest BCUT2D eigenvalue weighted by atomic mass is 35.5. The second-order valence-corrected chi connectivity index (χ2v) is 3.47. The first-order valence-electron chi connectivity index (χ1n) is 3.66. The molecule has 0 aromatic carbocycles. The first kappa shape index (κ1) is 8.81. The fourth-order valence-electron chi connectivity index (χ4n) is 2.16. The molecule has 0 spiro atoms. The van der Waals surface area contributed by atoms with Crippen LogP contribution in [0.2, 0.25) is 0 Å². The van der Waals surface area contributed by atoms with Gasteiger partial charge in [0.05, 0.1) is 5.41 Å². The molecule has 0 aromatic heterocycles. The lowest BCUT2D eigenvalue weighted by Gasteiger charge is -2.01. The van der Waals surface area contributed by atoms with E-state index in [4.69, 9.17) is 10.8 Å². The molecule has 2 saturated carbocycles. The molecule has 4 heteroatoms. The van der Waals surface area contributed by atoms with E-state index in [1.54, 1.807) is 0 Å². The van der Waals surface area contributed by atoms with E-state index in [1.165, 1.54) is 0 Å². The second-order valence-electron chi connectivity index (χ2n) is 3.47. The highest BCUT2D eigenvalue weighted by molar-refractivity contribution is 5.85. The number of carboxylic acid groups (broad SMARTS) is 1. The molecule has 3 nitrogen and oxygen atoms in total. The Bertz CT molecular complexity index is 197. The van der Waals surface area contributed by atoms with Crippen LogP contribution in [0.1, 0.15) is 19.3 Å². The predicted molar refractivity (Wildman–Crippen MR) is 42.6 cm³/mol. The van der Waals surface area contributed by atoms with Gasteiger partial charge in [-0.3, -0.25) is 4.79 Å². The standard InChI is InChI=1S/C7H11NO2.ClH/c8-5-1-2-7(6(9)10)3-4(5)7;/h4-5H,1-3,8H2,(H,9,10);1H. The van der Waals surface area contributed by atoms with Crippen LogP contribution in [0.15, 0.2) is 0 Å². The predicted octanol–water partition coefficient (Wildman–Crippen LogP) is 0.620. The smallest absolute Gasteiger partial charge is 0.309 e. The lowest BCUT2D eigenvalue weighted by Crippen LogP contribution is -2.20. The molecule has 64 valence electrons. The minimum absolute atomic E-state index is 0. The average molecular weight is 178 g/mol. The molecule has 0 aliphatic heterocycles. The van der Waals surface area contributed by atoms with Gasteiger partial charge < -0.3 is 10.8 Å². The lowest BCUT2D eigenvalue weighted by molar-refractivity contribution is -0.143. The maximum absolute atomic E-state index is 10.7. The van der Waals surface area contributed by atoms with Crippen LogP contribution in [0.25, 0.3) is 0 Å². The quantitative estimate of drug-likeness (QED) is 0.617. The monoisotopic (exact) mass is 177 g/mol. The van der Waals surface area contributed by atoms with Crippen LogP contribution in [-0.4, -0.2) is 17.1 Å². The third-order valence-corrected chi connectivity index (χ3v) is 3.00. The molecule has 0 amide bonds. The van der Waals surface area contributed by atoms with Gasteiger partial charge in [-0.1, -0.05) is 0 Å². The number of aliphatic carboxylic acids is 1. The third kappa shape index (κ3) is 0.948. The van der Waals surface area contributed by atoms with Crippen LogP contribution >= 0.6 is 12.4 Å². The van der Waals surface area contributed by atoms with E-state index < -0.39 is 5.97 Å². The van der Waals surface area contributed by atoms with Gasteiger partial charge in [0.25, 0.3) is 0 Å². The molecule has 3 N–H and O–H groups in total. The fourth-order valence-corrected chi connectivity index (χ4v) is 2.16. The van der Waals surface area contributed by atoms with E-state index in [9.17, 15) is 4.79 Å². The summed E-state index contributed by atoms with van der Waals surface area (Å²) in [5.74, 6) is -0.338. The molecule has 2 aliphatic rings. The molecule has 3 atom stereocenters. The van der Waals surface area contributed by atoms with E-state index in [0.717, 1.165) is 19.3 Å². The van der Waals surface area contributed by atoms with Crippen molar-refractivity contribution in [3.05, 3.63) is 0 Å². The number of hydrogen-bond acceptors (Lipinski definition) is 2. The van der Waals surface area contributed by atoms with Gasteiger partial charge >= 0.3 is 5.97 Å². The van der Waals surface area contributed by atoms with Gasteiger partial charge in [-0.05, 0) is 25.2 Å². The van der Waals surface area contributed by atoms with Gasteiger partial charge in [-0.2, -0.15) is 0 Å². The number of halogens is 1. The average Bonchev–Trinajstić information content (AvgIpc) is 2.52. The van der Waals surface area contributed by atoms with Gasteiger partial charge in [-0.25, -0.2) is 0 Å². The topological polar surface area (TPSA) is 63.3 Å². The molecule has 0 saturated heterocycles. The van der Waals surface area contributed by atoms with Crippen molar-refractivity contribution in [1.82, 2.24) is 0 Å². The van der Waals surface area contributed by atoms with E-state index in [0.29, 0.717) is 5.92 Å². The summed E-state index contributed by atoms with van der Waals surface area (Å²) in [6.07, 6.45) is 2.52. The second kappa shape index (κ2) is 2.35. The van der Waals surface area contributed by atoms with Gasteiger partial charge in [0.2, 0.25) is 0 Å². The Morgan fingerprint density at radius 1 is 1.64 bits per heavy atom. The van der Waals surface area contributed by atoms with Crippen molar-refractivity contribution < 1.29 is 9.90 Å². The van der Waals surface area contributed by atoms with Gasteiger partial charge in [0.15, 0.2) is 0 Å². The molecule has 2 fully saturated rings. The third-order valence-electron chi connectivity index (χ3n) is 3.00. The van der Waals surface area contributed by atoms with Crippen LogP contribution in [0.5, 0.6) is 0 Å². The Kier molecular flexibility index (Phi) is 1.89. The Hall–Kier alpha value is -0.280. The molecule has 0 bridgehead atoms. The van der Waals surface area contributed by atoms with Crippen molar-refractivity contribution in [3.63, 3.8) is 0 Å². The van der Waals surface area contributed by atoms with Crippen molar-refractivity contribution in [2.24, 2.45) is 17.1 Å². The largest absolute Gasteiger partial charge is 0.481 e. The number of carboxylic acids is 1. The Morgan fingerprint density at radius 2 is 2.27 bits per heavy atom. The van der Waals surface area contributed by atoms with Gasteiger partial charge in [0, 0.05) is 6.04 Å². The molecule has 0 radical (unpaired) electrons. The first-order valence-corrected chi connectivity index (χ1v) is 3.66. The fraction of sp³-hybridized carbons (Fsp3) is 0.857. The first-order chi connectivity index (χ1) is 4.67. The lowest BCUT2D eigenvalue weighted by atomic mass is 10.1. The molecule has 11 heavy (non-hydrogen) atoms. The number of rotatable bonds is 1. The van der Waals surface area contributed by atoms with Gasteiger partial charge in [0.1, 0.15) is 0 Å². The number of fused-ring (bicyclic) bond motifs is 1. The van der Waals surface area contributed by atoms with Crippen molar-refractivity contribution in [3.8, 4) is 0 Å². The SMILES string of the molecule is Cl.NC1CCC2(C(=O)O)CC12. The molecule has 3 unspecified atom stereocenters. The van der Waals surface area contributed by atoms with Crippen LogP contribution in [0.3, 0.4) is 0 Å². The summed E-state index contributed by atoms with van der Waals surface area (Å²) < 4.78 is 0. The van der Waals surface area contributed by atoms with E-state index >= 15 is 0 Å². The Morgan fingerprint density at radius 3 is 2.45 bits per heavy atom. The molecule has 0 aromatic rings. The summed E-state index contributed by atoms with van der Waals surface area (Å²) in [6.45, 7) is 0. The minimum atomic E-state index is -0.634. The zero-order chi connectivity index (χ0) is 7.35. The van der Waals surface area contributed by atoms with Crippen molar-refractivity contribution in [1.29, 1.82) is 0 Å². The van der Waals surface area contributed by atoms with Gasteiger partial charge in [-0.15, -0.1) is 12.4 Å². The number of hydrogen-bond donors (Lipinski definition) is 2. The summed E-state index contributed by atoms with van der Waals surface area (Å²) in [4.78, 5) is 10.7. The van der Waals surface area contributed by atoms with Crippen LogP contribution in [0.4, 0.5) is 0 Å². The zero-order valence-electron chi connectivity index (χ0n) is 6.12. The van der Waals surface area contributed by atoms with Crippen molar-refractivity contribution >= 4 is 18.4 Å². The maximum atomic E-state index is 10.7. The molecule has 2 rings (SSSR count). The molecule has 2 aliphatic carbocycles. The highest BCUT2D eigenvalue weighted by Crippen LogP contribution is 2.62. The maximum Gasteiger partial charge on any atom is 0.309 e. The molecular formula is C7H12ClNO2. The van der Waals surface area contributed by atoms with Crippen molar-refractivity contribution in [2.45, 2.75) is 25.3 Å². The minimum Gasteiger partial charge on any atom is -0.481 e. The van der Waals surface area contributed by atoms with E-state index in [1.807, 2.05) is 0 Å². The highest BCUT2D eigenvalue weighted by Gasteiger charge is 2.65. The summed E-state index contributed by atoms with van der Waals surface area (Å²) in [6, 6.07) is 0.163. The summed E-state index contributed by atoms with van der Waals surface area (Å²) in [5, 5.41) is 8.78. The molecular weight excluding hydrogens is 166 g/mol. The van der Waals surface area contributed by atoms with Crippen molar-refractivity contribution in [2.75, 3.05) is 0 Å². The van der Waals surface area contributed by atoms with Crippen LogP contribution in [-0.2, 0) is 4.79 Å². The zero-order valence-corrected chi connectivity index (χ0v) is 6.93. The normalized spacial score (nSPS) is 45.9. The summed E-state index contributed by atoms with van der Waals surface area (Å²) in [5.41, 5.74) is 5.30. The Balaban J connectivity index is 0.000000605. The van der Waals surface area contributed by atoms with Crippen LogP contribution in [0, 0.1) is 11.3 Å². The van der Waals surface area contributed by atoms with Crippen LogP contribution < -0.4 is 5.73 Å².